The van der Waals surface area contributed by atoms with Gasteiger partial charge in [-0.05, 0) is 55.8 Å². The van der Waals surface area contributed by atoms with Crippen LogP contribution in [0.15, 0.2) is 41.8 Å². The van der Waals surface area contributed by atoms with Crippen LogP contribution in [0.3, 0.4) is 0 Å². The summed E-state index contributed by atoms with van der Waals surface area (Å²) in [5, 5.41) is 10.4. The second-order valence-electron chi connectivity index (χ2n) is 8.54. The molecular weight excluding hydrogens is 456 g/mol. The van der Waals surface area contributed by atoms with Crippen molar-refractivity contribution in [2.75, 3.05) is 16.8 Å². The number of para-hydroxylation sites is 1. The summed E-state index contributed by atoms with van der Waals surface area (Å²) in [6, 6.07) is 11.3. The van der Waals surface area contributed by atoms with Gasteiger partial charge in [0.2, 0.25) is 0 Å². The van der Waals surface area contributed by atoms with Gasteiger partial charge in [0, 0.05) is 5.69 Å². The molecule has 7 nitrogen and oxygen atoms in total. The molecule has 4 aromatic rings. The molecule has 0 bridgehead atoms. The monoisotopic (exact) mass is 480 g/mol. The summed E-state index contributed by atoms with van der Waals surface area (Å²) < 4.78 is 26.0. The van der Waals surface area contributed by atoms with Crippen LogP contribution in [-0.4, -0.2) is 40.6 Å². The molecule has 0 radical (unpaired) electrons. The van der Waals surface area contributed by atoms with E-state index in [4.69, 9.17) is 4.98 Å². The fourth-order valence-corrected chi connectivity index (χ4v) is 6.84. The first-order valence-corrected chi connectivity index (χ1v) is 13.5. The highest BCUT2D eigenvalue weighted by atomic mass is 32.2. The first-order chi connectivity index (χ1) is 15.7. The van der Waals surface area contributed by atoms with E-state index in [0.717, 1.165) is 21.7 Å². The lowest BCUT2D eigenvalue weighted by Crippen LogP contribution is -2.16. The molecule has 1 atom stereocenters. The van der Waals surface area contributed by atoms with Crippen LogP contribution in [0.1, 0.15) is 39.6 Å². The summed E-state index contributed by atoms with van der Waals surface area (Å²) in [4.78, 5) is 19.4. The second kappa shape index (κ2) is 8.07. The molecule has 1 aromatic carbocycles. The van der Waals surface area contributed by atoms with Crippen LogP contribution < -0.4 is 5.32 Å². The molecule has 0 spiro atoms. The molecule has 1 unspecified atom stereocenters. The Kier molecular flexibility index (Phi) is 5.33. The molecule has 1 fully saturated rings. The Bertz CT molecular complexity index is 1470. The quantitative estimate of drug-likeness (QED) is 0.457. The molecule has 170 valence electrons. The van der Waals surface area contributed by atoms with E-state index in [2.05, 4.69) is 10.4 Å². The summed E-state index contributed by atoms with van der Waals surface area (Å²) in [5.41, 5.74) is 5.11. The van der Waals surface area contributed by atoms with Crippen LogP contribution in [0.5, 0.6) is 0 Å². The van der Waals surface area contributed by atoms with Crippen molar-refractivity contribution in [2.45, 2.75) is 33.2 Å². The average Bonchev–Trinajstić information content (AvgIpc) is 3.49. The number of carbonyl (C=O) groups excluding carboxylic acids is 1. The normalized spacial score (nSPS) is 17.5. The highest BCUT2D eigenvalue weighted by molar-refractivity contribution is 7.91. The maximum Gasteiger partial charge on any atom is 0.256 e. The van der Waals surface area contributed by atoms with Gasteiger partial charge < -0.3 is 5.32 Å². The molecule has 9 heteroatoms. The number of nitrogens with one attached hydrogen (secondary N) is 1. The lowest BCUT2D eigenvalue weighted by atomic mass is 10.1. The molecular formula is C24H24N4O3S2. The Balaban J connectivity index is 1.68. The highest BCUT2D eigenvalue weighted by Gasteiger charge is 2.32. The number of anilines is 1. The van der Waals surface area contributed by atoms with Gasteiger partial charge in [-0.3, -0.25) is 4.79 Å². The van der Waals surface area contributed by atoms with Gasteiger partial charge in [0.15, 0.2) is 15.5 Å². The van der Waals surface area contributed by atoms with Crippen LogP contribution in [0.2, 0.25) is 0 Å². The largest absolute Gasteiger partial charge is 0.321 e. The molecule has 5 rings (SSSR count). The van der Waals surface area contributed by atoms with Gasteiger partial charge in [-0.25, -0.2) is 18.1 Å². The molecule has 0 saturated carbocycles. The van der Waals surface area contributed by atoms with E-state index in [1.807, 2.05) is 62.5 Å². The third-order valence-corrected chi connectivity index (χ3v) is 8.77. The standard InChI is InChI=1S/C24H24N4O3S2/c1-14-6-4-7-15(2)22(14)26-24(29)18-12-19(20-8-5-10-32-20)25-23-21(18)16(3)27-28(23)17-9-11-33(30,31)13-17/h4-8,10,12,17H,9,11,13H2,1-3H3,(H,26,29). The summed E-state index contributed by atoms with van der Waals surface area (Å²) in [5.74, 6) is -0.0556. The van der Waals surface area contributed by atoms with E-state index in [-0.39, 0.29) is 23.5 Å². The Hall–Kier alpha value is -3.04. The van der Waals surface area contributed by atoms with Gasteiger partial charge in [0.1, 0.15) is 0 Å². The Morgan fingerprint density at radius 2 is 1.91 bits per heavy atom. The number of benzene rings is 1. The number of rotatable bonds is 4. The summed E-state index contributed by atoms with van der Waals surface area (Å²) in [6.07, 6.45) is 0.493. The van der Waals surface area contributed by atoms with Crippen LogP contribution in [-0.2, 0) is 9.84 Å². The van der Waals surface area contributed by atoms with Gasteiger partial charge in [-0.15, -0.1) is 11.3 Å². The van der Waals surface area contributed by atoms with Gasteiger partial charge in [0.05, 0.1) is 44.8 Å². The molecule has 1 aliphatic rings. The zero-order valence-electron chi connectivity index (χ0n) is 18.6. The van der Waals surface area contributed by atoms with Gasteiger partial charge >= 0.3 is 0 Å². The van der Waals surface area contributed by atoms with Crippen LogP contribution >= 0.6 is 11.3 Å². The average molecular weight is 481 g/mol. The van der Waals surface area contributed by atoms with Gasteiger partial charge in [-0.2, -0.15) is 5.10 Å². The molecule has 1 N–H and O–H groups in total. The van der Waals surface area contributed by atoms with E-state index in [1.54, 1.807) is 4.68 Å². The van der Waals surface area contributed by atoms with E-state index in [0.29, 0.717) is 34.4 Å². The molecule has 0 aliphatic carbocycles. The SMILES string of the molecule is Cc1cccc(C)c1NC(=O)c1cc(-c2cccs2)nc2c1c(C)nn2C1CCS(=O)(=O)C1. The number of pyridine rings is 1. The first kappa shape index (κ1) is 21.8. The van der Waals surface area contributed by atoms with E-state index >= 15 is 0 Å². The van der Waals surface area contributed by atoms with E-state index in [1.165, 1.54) is 11.3 Å². The van der Waals surface area contributed by atoms with Crippen molar-refractivity contribution in [1.82, 2.24) is 14.8 Å². The maximum atomic E-state index is 13.6. The number of thiophene rings is 1. The van der Waals surface area contributed by atoms with Gasteiger partial charge in [0.25, 0.3) is 5.91 Å². The van der Waals surface area contributed by atoms with Crippen LogP contribution in [0, 0.1) is 20.8 Å². The Morgan fingerprint density at radius 3 is 2.55 bits per heavy atom. The summed E-state index contributed by atoms with van der Waals surface area (Å²) >= 11 is 1.54. The zero-order valence-corrected chi connectivity index (χ0v) is 20.3. The summed E-state index contributed by atoms with van der Waals surface area (Å²) in [7, 11) is -3.10. The van der Waals surface area contributed by atoms with Crippen molar-refractivity contribution in [3.8, 4) is 10.6 Å². The number of hydrogen-bond acceptors (Lipinski definition) is 6. The predicted molar refractivity (Wildman–Crippen MR) is 132 cm³/mol. The molecule has 1 amide bonds. The zero-order chi connectivity index (χ0) is 23.3. The number of carbonyl (C=O) groups is 1. The number of hydrogen-bond donors (Lipinski definition) is 1. The fraction of sp³-hybridized carbons (Fsp3) is 0.292. The number of aryl methyl sites for hydroxylation is 3. The highest BCUT2D eigenvalue weighted by Crippen LogP contribution is 2.34. The number of nitrogens with zero attached hydrogens (tertiary/aromatic N) is 3. The fourth-order valence-electron chi connectivity index (χ4n) is 4.46. The minimum Gasteiger partial charge on any atom is -0.321 e. The number of sulfone groups is 1. The van der Waals surface area contributed by atoms with Crippen LogP contribution in [0.4, 0.5) is 5.69 Å². The van der Waals surface area contributed by atoms with Crippen molar-refractivity contribution in [1.29, 1.82) is 0 Å². The topological polar surface area (TPSA) is 93.9 Å². The Morgan fingerprint density at radius 1 is 1.15 bits per heavy atom. The predicted octanol–water partition coefficient (Wildman–Crippen LogP) is 4.70. The number of amides is 1. The lowest BCUT2D eigenvalue weighted by Gasteiger charge is -2.14. The Labute approximate surface area is 196 Å². The lowest BCUT2D eigenvalue weighted by molar-refractivity contribution is 0.102. The van der Waals surface area contributed by atoms with Crippen molar-refractivity contribution in [3.05, 3.63) is 64.2 Å². The minimum atomic E-state index is -3.10. The number of fused-ring (bicyclic) bond motifs is 1. The molecule has 3 aromatic heterocycles. The van der Waals surface area contributed by atoms with E-state index < -0.39 is 9.84 Å². The first-order valence-electron chi connectivity index (χ1n) is 10.8. The summed E-state index contributed by atoms with van der Waals surface area (Å²) in [6.45, 7) is 5.77. The second-order valence-corrected chi connectivity index (χ2v) is 11.7. The minimum absolute atomic E-state index is 0.0397. The molecule has 1 saturated heterocycles. The van der Waals surface area contributed by atoms with Crippen molar-refractivity contribution >= 4 is 43.8 Å². The van der Waals surface area contributed by atoms with Crippen molar-refractivity contribution in [2.24, 2.45) is 0 Å². The smallest absolute Gasteiger partial charge is 0.256 e. The van der Waals surface area contributed by atoms with Crippen molar-refractivity contribution < 1.29 is 13.2 Å². The molecule has 4 heterocycles. The third kappa shape index (κ3) is 3.95. The van der Waals surface area contributed by atoms with Gasteiger partial charge in [-0.1, -0.05) is 24.3 Å². The van der Waals surface area contributed by atoms with E-state index in [9.17, 15) is 13.2 Å². The number of aromatic nitrogens is 3. The third-order valence-electron chi connectivity index (χ3n) is 6.13. The van der Waals surface area contributed by atoms with Crippen LogP contribution in [0.25, 0.3) is 21.6 Å². The molecule has 33 heavy (non-hydrogen) atoms. The maximum absolute atomic E-state index is 13.6. The van der Waals surface area contributed by atoms with Crippen molar-refractivity contribution in [3.63, 3.8) is 0 Å². The molecule has 1 aliphatic heterocycles.